The highest BCUT2D eigenvalue weighted by molar-refractivity contribution is 7.99. The Morgan fingerprint density at radius 3 is 2.67 bits per heavy atom. The predicted molar refractivity (Wildman–Crippen MR) is 128 cm³/mol. The van der Waals surface area contributed by atoms with E-state index in [2.05, 4.69) is 28.6 Å². The van der Waals surface area contributed by atoms with Crippen LogP contribution in [0.1, 0.15) is 18.1 Å². The minimum Gasteiger partial charge on any atom is -0.482 e. The summed E-state index contributed by atoms with van der Waals surface area (Å²) in [5.74, 6) is 12.5. The molecule has 1 fully saturated rings. The zero-order valence-corrected chi connectivity index (χ0v) is 19.7. The van der Waals surface area contributed by atoms with Crippen LogP contribution in [0.15, 0.2) is 46.2 Å². The molecule has 0 unspecified atom stereocenters. The smallest absolute Gasteiger partial charge is 0.341 e. The van der Waals surface area contributed by atoms with E-state index in [9.17, 15) is 4.79 Å². The predicted octanol–water partition coefficient (Wildman–Crippen LogP) is 3.70. The van der Waals surface area contributed by atoms with Gasteiger partial charge in [-0.05, 0) is 55.8 Å². The molecule has 1 aliphatic heterocycles. The van der Waals surface area contributed by atoms with Crippen molar-refractivity contribution in [3.8, 4) is 35.2 Å². The molecule has 0 atom stereocenters. The van der Waals surface area contributed by atoms with Gasteiger partial charge in [-0.3, -0.25) is 4.90 Å². The minimum atomic E-state index is -1.00. The van der Waals surface area contributed by atoms with E-state index in [1.165, 1.54) is 0 Å². The van der Waals surface area contributed by atoms with E-state index < -0.39 is 5.97 Å². The lowest BCUT2D eigenvalue weighted by Crippen LogP contribution is -2.36. The van der Waals surface area contributed by atoms with E-state index in [0.717, 1.165) is 53.0 Å². The summed E-state index contributed by atoms with van der Waals surface area (Å²) in [5, 5.41) is 8.81. The molecule has 0 bridgehead atoms. The van der Waals surface area contributed by atoms with Gasteiger partial charge in [0.15, 0.2) is 6.61 Å². The number of carboxylic acids is 1. The summed E-state index contributed by atoms with van der Waals surface area (Å²) in [5.41, 5.74) is 1.75. The van der Waals surface area contributed by atoms with Crippen LogP contribution in [0.5, 0.6) is 11.5 Å². The van der Waals surface area contributed by atoms with Gasteiger partial charge in [0, 0.05) is 28.4 Å². The fourth-order valence-corrected chi connectivity index (χ4v) is 4.12. The molecule has 33 heavy (non-hydrogen) atoms. The summed E-state index contributed by atoms with van der Waals surface area (Å²) in [6.07, 6.45) is 0. The second kappa shape index (κ2) is 12.8. The van der Waals surface area contributed by atoms with Gasteiger partial charge in [0.05, 0.1) is 19.8 Å². The second-order valence-electron chi connectivity index (χ2n) is 7.31. The van der Waals surface area contributed by atoms with Crippen LogP contribution in [-0.2, 0) is 9.53 Å². The summed E-state index contributed by atoms with van der Waals surface area (Å²) in [7, 11) is 0. The van der Waals surface area contributed by atoms with Gasteiger partial charge in [-0.25, -0.2) is 4.79 Å². The largest absolute Gasteiger partial charge is 0.482 e. The highest BCUT2D eigenvalue weighted by atomic mass is 32.2. The molecule has 2 aromatic rings. The van der Waals surface area contributed by atoms with Crippen LogP contribution in [0.25, 0.3) is 0 Å². The molecule has 1 N–H and O–H groups in total. The molecule has 6 nitrogen and oxygen atoms in total. The fraction of sp³-hybridized carbons (Fsp3) is 0.346. The Kier molecular flexibility index (Phi) is 9.53. The SMILES string of the molecule is CC#CCOc1cc(C#CCN2CCOCC2)cc(Sc2ccc(OCC(=O)O)c(C)c2)c1. The number of carbonyl (C=O) groups is 1. The number of aryl methyl sites for hydroxylation is 1. The first-order chi connectivity index (χ1) is 16.0. The maximum atomic E-state index is 10.7. The van der Waals surface area contributed by atoms with Crippen molar-refractivity contribution in [2.45, 2.75) is 23.6 Å². The van der Waals surface area contributed by atoms with E-state index >= 15 is 0 Å². The lowest BCUT2D eigenvalue weighted by atomic mass is 10.2. The Morgan fingerprint density at radius 2 is 1.94 bits per heavy atom. The third-order valence-electron chi connectivity index (χ3n) is 4.74. The zero-order valence-electron chi connectivity index (χ0n) is 18.8. The van der Waals surface area contributed by atoms with Gasteiger partial charge in [-0.1, -0.05) is 29.5 Å². The molecule has 2 aromatic carbocycles. The molecule has 0 aromatic heterocycles. The number of ether oxygens (including phenoxy) is 3. The van der Waals surface area contributed by atoms with Crippen molar-refractivity contribution in [2.24, 2.45) is 0 Å². The van der Waals surface area contributed by atoms with Crippen molar-refractivity contribution < 1.29 is 24.1 Å². The van der Waals surface area contributed by atoms with Crippen molar-refractivity contribution >= 4 is 17.7 Å². The van der Waals surface area contributed by atoms with Crippen molar-refractivity contribution in [3.05, 3.63) is 47.5 Å². The Hall–Kier alpha value is -3.10. The standard InChI is InChI=1S/C26H27NO5S/c1-3-4-12-31-22-16-21(6-5-9-27-10-13-30-14-11-27)17-24(18-22)33-23-7-8-25(20(2)15-23)32-19-26(28)29/h7-8,15-18H,9-14,19H2,1-2H3,(H,28,29). The van der Waals surface area contributed by atoms with Crippen LogP contribution >= 0.6 is 11.8 Å². The molecular weight excluding hydrogens is 438 g/mol. The van der Waals surface area contributed by atoms with E-state index in [4.69, 9.17) is 19.3 Å². The van der Waals surface area contributed by atoms with Crippen molar-refractivity contribution in [3.63, 3.8) is 0 Å². The Labute approximate surface area is 199 Å². The molecule has 7 heteroatoms. The molecule has 172 valence electrons. The van der Waals surface area contributed by atoms with E-state index in [-0.39, 0.29) is 6.61 Å². The molecule has 1 saturated heterocycles. The average molecular weight is 466 g/mol. The van der Waals surface area contributed by atoms with Gasteiger partial charge < -0.3 is 19.3 Å². The summed E-state index contributed by atoms with van der Waals surface area (Å²) in [6.45, 7) is 7.65. The number of hydrogen-bond acceptors (Lipinski definition) is 6. The maximum Gasteiger partial charge on any atom is 0.341 e. The number of morpholine rings is 1. The summed E-state index contributed by atoms with van der Waals surface area (Å²) >= 11 is 1.58. The molecule has 1 heterocycles. The van der Waals surface area contributed by atoms with Gasteiger partial charge in [-0.15, -0.1) is 5.92 Å². The monoisotopic (exact) mass is 465 g/mol. The third kappa shape index (κ3) is 8.40. The Morgan fingerprint density at radius 1 is 1.12 bits per heavy atom. The number of hydrogen-bond donors (Lipinski definition) is 1. The first-order valence-corrected chi connectivity index (χ1v) is 11.4. The maximum absolute atomic E-state index is 10.7. The van der Waals surface area contributed by atoms with E-state index in [1.54, 1.807) is 24.8 Å². The van der Waals surface area contributed by atoms with Gasteiger partial charge in [0.1, 0.15) is 18.1 Å². The molecule has 0 spiro atoms. The van der Waals surface area contributed by atoms with E-state index in [0.29, 0.717) is 18.9 Å². The summed E-state index contributed by atoms with van der Waals surface area (Å²) in [4.78, 5) is 15.0. The molecule has 1 aliphatic rings. The molecular formula is C26H27NO5S. The molecule has 0 radical (unpaired) electrons. The van der Waals surface area contributed by atoms with Crippen molar-refractivity contribution in [1.29, 1.82) is 0 Å². The highest BCUT2D eigenvalue weighted by Gasteiger charge is 2.09. The van der Waals surface area contributed by atoms with Crippen LogP contribution in [0.2, 0.25) is 0 Å². The Bertz CT molecular complexity index is 1090. The first-order valence-electron chi connectivity index (χ1n) is 10.6. The van der Waals surface area contributed by atoms with Crippen LogP contribution < -0.4 is 9.47 Å². The average Bonchev–Trinajstić information content (AvgIpc) is 2.79. The van der Waals surface area contributed by atoms with Crippen LogP contribution in [0.3, 0.4) is 0 Å². The van der Waals surface area contributed by atoms with Gasteiger partial charge in [0.2, 0.25) is 0 Å². The number of carboxylic acid groups (broad SMARTS) is 1. The third-order valence-corrected chi connectivity index (χ3v) is 5.70. The number of aliphatic carboxylic acids is 1. The summed E-state index contributed by atoms with van der Waals surface area (Å²) < 4.78 is 16.5. The van der Waals surface area contributed by atoms with Crippen molar-refractivity contribution in [2.75, 3.05) is 46.1 Å². The normalized spacial score (nSPS) is 13.3. The highest BCUT2D eigenvalue weighted by Crippen LogP contribution is 2.33. The summed E-state index contributed by atoms with van der Waals surface area (Å²) in [6, 6.07) is 11.6. The second-order valence-corrected chi connectivity index (χ2v) is 8.46. The van der Waals surface area contributed by atoms with Crippen LogP contribution in [0, 0.1) is 30.6 Å². The fourth-order valence-electron chi connectivity index (χ4n) is 3.11. The number of benzene rings is 2. The molecule has 0 amide bonds. The Balaban J connectivity index is 1.75. The lowest BCUT2D eigenvalue weighted by molar-refractivity contribution is -0.139. The van der Waals surface area contributed by atoms with Crippen LogP contribution in [0.4, 0.5) is 0 Å². The zero-order chi connectivity index (χ0) is 23.5. The number of nitrogens with zero attached hydrogens (tertiary/aromatic N) is 1. The first kappa shape index (κ1) is 24.5. The minimum absolute atomic E-state index is 0.319. The van der Waals surface area contributed by atoms with Gasteiger partial charge in [0.25, 0.3) is 0 Å². The van der Waals surface area contributed by atoms with Crippen LogP contribution in [-0.4, -0.2) is 62.0 Å². The topological polar surface area (TPSA) is 68.2 Å². The van der Waals surface area contributed by atoms with Crippen molar-refractivity contribution in [1.82, 2.24) is 4.90 Å². The lowest BCUT2D eigenvalue weighted by Gasteiger charge is -2.24. The number of rotatable bonds is 8. The quantitative estimate of drug-likeness (QED) is 0.597. The van der Waals surface area contributed by atoms with Gasteiger partial charge in [-0.2, -0.15) is 0 Å². The van der Waals surface area contributed by atoms with E-state index in [1.807, 2.05) is 37.3 Å². The van der Waals surface area contributed by atoms with Gasteiger partial charge >= 0.3 is 5.97 Å². The molecule has 0 aliphatic carbocycles. The molecule has 3 rings (SSSR count). The molecule has 0 saturated carbocycles.